The van der Waals surface area contributed by atoms with Gasteiger partial charge < -0.3 is 5.32 Å². The third-order valence-electron chi connectivity index (χ3n) is 2.59. The van der Waals surface area contributed by atoms with Crippen molar-refractivity contribution in [2.24, 2.45) is 0 Å². The van der Waals surface area contributed by atoms with E-state index in [1.807, 2.05) is 18.2 Å². The van der Waals surface area contributed by atoms with Gasteiger partial charge in [-0.3, -0.25) is 0 Å². The highest BCUT2D eigenvalue weighted by molar-refractivity contribution is 9.10. The summed E-state index contributed by atoms with van der Waals surface area (Å²) in [5.41, 5.74) is 1.49. The van der Waals surface area contributed by atoms with Gasteiger partial charge in [-0.15, -0.1) is 0 Å². The number of rotatable bonds is 2. The highest BCUT2D eigenvalue weighted by Gasteiger charge is 2.09. The van der Waals surface area contributed by atoms with Crippen LogP contribution in [0.25, 0.3) is 10.2 Å². The second-order valence-corrected chi connectivity index (χ2v) is 6.77. The molecule has 0 radical (unpaired) electrons. The lowest BCUT2D eigenvalue weighted by atomic mass is 10.3. The van der Waals surface area contributed by atoms with Gasteiger partial charge in [0.2, 0.25) is 0 Å². The summed E-state index contributed by atoms with van der Waals surface area (Å²) in [5, 5.41) is 3.72. The standard InChI is InChI=1S/C13H6BrCl2FN2S/c14-6-1-2-10-11(3-6)20-13(19-10)18-7-4-8(15)12(17)9(16)5-7/h1-5H,(H,18,19). The van der Waals surface area contributed by atoms with E-state index in [9.17, 15) is 4.39 Å². The van der Waals surface area contributed by atoms with Crippen LogP contribution in [0.2, 0.25) is 10.0 Å². The minimum absolute atomic E-state index is 0.0242. The van der Waals surface area contributed by atoms with E-state index >= 15 is 0 Å². The highest BCUT2D eigenvalue weighted by Crippen LogP contribution is 2.33. The Bertz CT molecular complexity index is 783. The fourth-order valence-electron chi connectivity index (χ4n) is 1.70. The van der Waals surface area contributed by atoms with Gasteiger partial charge in [0.1, 0.15) is 0 Å². The maximum atomic E-state index is 13.4. The van der Waals surface area contributed by atoms with Crippen LogP contribution < -0.4 is 5.32 Å². The van der Waals surface area contributed by atoms with Crippen molar-refractivity contribution in [1.29, 1.82) is 0 Å². The van der Waals surface area contributed by atoms with Gasteiger partial charge in [-0.05, 0) is 30.3 Å². The number of halogens is 4. The first-order valence-electron chi connectivity index (χ1n) is 5.50. The predicted octanol–water partition coefficient (Wildman–Crippen LogP) is 6.25. The number of fused-ring (bicyclic) bond motifs is 1. The van der Waals surface area contributed by atoms with Gasteiger partial charge in [0, 0.05) is 10.2 Å². The Morgan fingerprint density at radius 1 is 1.15 bits per heavy atom. The van der Waals surface area contributed by atoms with Gasteiger partial charge in [0.15, 0.2) is 10.9 Å². The van der Waals surface area contributed by atoms with E-state index in [-0.39, 0.29) is 10.0 Å². The molecule has 2 nitrogen and oxygen atoms in total. The normalized spacial score (nSPS) is 11.0. The Kier molecular flexibility index (Phi) is 3.86. The van der Waals surface area contributed by atoms with Crippen molar-refractivity contribution in [3.05, 3.63) is 50.7 Å². The van der Waals surface area contributed by atoms with Gasteiger partial charge in [-0.1, -0.05) is 50.5 Å². The monoisotopic (exact) mass is 390 g/mol. The van der Waals surface area contributed by atoms with Crippen LogP contribution in [0.1, 0.15) is 0 Å². The maximum absolute atomic E-state index is 13.4. The molecule has 1 aromatic heterocycles. The molecule has 3 rings (SSSR count). The summed E-state index contributed by atoms with van der Waals surface area (Å²) in [6.07, 6.45) is 0. The first kappa shape index (κ1) is 14.1. The van der Waals surface area contributed by atoms with E-state index in [4.69, 9.17) is 23.2 Å². The second kappa shape index (κ2) is 5.48. The molecule has 0 atom stereocenters. The summed E-state index contributed by atoms with van der Waals surface area (Å²) in [5.74, 6) is -0.618. The summed E-state index contributed by atoms with van der Waals surface area (Å²) in [4.78, 5) is 4.44. The topological polar surface area (TPSA) is 24.9 Å². The smallest absolute Gasteiger partial charge is 0.188 e. The quantitative estimate of drug-likeness (QED) is 0.522. The molecule has 0 aliphatic carbocycles. The fourth-order valence-corrected chi connectivity index (χ4v) is 3.63. The van der Waals surface area contributed by atoms with Gasteiger partial charge in [-0.2, -0.15) is 0 Å². The molecule has 0 fully saturated rings. The molecule has 2 aromatic carbocycles. The third kappa shape index (κ3) is 2.76. The molecule has 7 heteroatoms. The van der Waals surface area contributed by atoms with E-state index in [0.717, 1.165) is 14.7 Å². The summed E-state index contributed by atoms with van der Waals surface area (Å²) in [6, 6.07) is 8.79. The van der Waals surface area contributed by atoms with Crippen LogP contribution in [0.4, 0.5) is 15.2 Å². The number of aromatic nitrogens is 1. The van der Waals surface area contributed by atoms with Crippen molar-refractivity contribution >= 4 is 71.5 Å². The summed E-state index contributed by atoms with van der Waals surface area (Å²) in [7, 11) is 0. The van der Waals surface area contributed by atoms with Crippen LogP contribution in [0.3, 0.4) is 0 Å². The number of hydrogen-bond donors (Lipinski definition) is 1. The van der Waals surface area contributed by atoms with E-state index < -0.39 is 5.82 Å². The number of anilines is 2. The third-order valence-corrected chi connectivity index (χ3v) is 4.56. The Morgan fingerprint density at radius 3 is 2.55 bits per heavy atom. The molecule has 3 aromatic rings. The van der Waals surface area contributed by atoms with Crippen LogP contribution in [0.5, 0.6) is 0 Å². The molecular weight excluding hydrogens is 386 g/mol. The maximum Gasteiger partial charge on any atom is 0.188 e. The zero-order valence-corrected chi connectivity index (χ0v) is 13.7. The molecule has 0 saturated carbocycles. The highest BCUT2D eigenvalue weighted by atomic mass is 79.9. The molecule has 0 spiro atoms. The second-order valence-electron chi connectivity index (χ2n) is 4.01. The molecule has 0 bridgehead atoms. The molecule has 0 aliphatic heterocycles. The van der Waals surface area contributed by atoms with Gasteiger partial charge in [-0.25, -0.2) is 9.37 Å². The molecule has 1 N–H and O–H groups in total. The first-order valence-corrected chi connectivity index (χ1v) is 7.87. The Labute approximate surface area is 136 Å². The van der Waals surface area contributed by atoms with Crippen molar-refractivity contribution < 1.29 is 4.39 Å². The fraction of sp³-hybridized carbons (Fsp3) is 0. The first-order chi connectivity index (χ1) is 9.52. The van der Waals surface area contributed by atoms with Crippen molar-refractivity contribution in [1.82, 2.24) is 4.98 Å². The summed E-state index contributed by atoms with van der Waals surface area (Å²) < 4.78 is 15.4. The number of hydrogen-bond acceptors (Lipinski definition) is 3. The summed E-state index contributed by atoms with van der Waals surface area (Å²) >= 11 is 16.4. The molecular formula is C13H6BrCl2FN2S. The molecule has 102 valence electrons. The zero-order chi connectivity index (χ0) is 14.3. The van der Waals surface area contributed by atoms with Crippen molar-refractivity contribution in [2.75, 3.05) is 5.32 Å². The molecule has 0 amide bonds. The lowest BCUT2D eigenvalue weighted by Gasteiger charge is -2.05. The van der Waals surface area contributed by atoms with Crippen molar-refractivity contribution in [3.63, 3.8) is 0 Å². The lowest BCUT2D eigenvalue weighted by molar-refractivity contribution is 0.629. The molecule has 1 heterocycles. The number of benzene rings is 2. The van der Waals surface area contributed by atoms with Gasteiger partial charge in [0.05, 0.1) is 20.3 Å². The van der Waals surface area contributed by atoms with Crippen LogP contribution in [0.15, 0.2) is 34.8 Å². The van der Waals surface area contributed by atoms with Crippen LogP contribution in [0, 0.1) is 5.82 Å². The molecule has 0 saturated heterocycles. The zero-order valence-electron chi connectivity index (χ0n) is 9.75. The van der Waals surface area contributed by atoms with E-state index in [1.165, 1.54) is 23.5 Å². The number of nitrogens with zero attached hydrogens (tertiary/aromatic N) is 1. The van der Waals surface area contributed by atoms with E-state index in [1.54, 1.807) is 0 Å². The van der Waals surface area contributed by atoms with Gasteiger partial charge in [0.25, 0.3) is 0 Å². The van der Waals surface area contributed by atoms with Crippen molar-refractivity contribution in [2.45, 2.75) is 0 Å². The Hall–Kier alpha value is -0.880. The van der Waals surface area contributed by atoms with Crippen LogP contribution in [-0.4, -0.2) is 4.98 Å². The average molecular weight is 392 g/mol. The lowest BCUT2D eigenvalue weighted by Crippen LogP contribution is -1.91. The number of thiazole rings is 1. The Morgan fingerprint density at radius 2 is 1.85 bits per heavy atom. The summed E-state index contributed by atoms with van der Waals surface area (Å²) in [6.45, 7) is 0. The van der Waals surface area contributed by atoms with Crippen molar-refractivity contribution in [3.8, 4) is 0 Å². The largest absolute Gasteiger partial charge is 0.331 e. The predicted molar refractivity (Wildman–Crippen MR) is 87.0 cm³/mol. The van der Waals surface area contributed by atoms with E-state index in [0.29, 0.717) is 10.8 Å². The van der Waals surface area contributed by atoms with Crippen LogP contribution in [-0.2, 0) is 0 Å². The average Bonchev–Trinajstić information content (AvgIpc) is 2.77. The Balaban J connectivity index is 1.96. The van der Waals surface area contributed by atoms with Crippen LogP contribution >= 0.6 is 50.5 Å². The minimum atomic E-state index is -0.618. The van der Waals surface area contributed by atoms with E-state index in [2.05, 4.69) is 26.2 Å². The van der Waals surface area contributed by atoms with Gasteiger partial charge >= 0.3 is 0 Å². The molecule has 20 heavy (non-hydrogen) atoms. The molecule has 0 aliphatic rings. The molecule has 0 unspecified atom stereocenters. The SMILES string of the molecule is Fc1c(Cl)cc(Nc2nc3ccc(Br)cc3s2)cc1Cl. The number of nitrogens with one attached hydrogen (secondary N) is 1. The minimum Gasteiger partial charge on any atom is -0.331 e.